The summed E-state index contributed by atoms with van der Waals surface area (Å²) in [5, 5.41) is 3.34. The number of aromatic amines is 1. The first-order chi connectivity index (χ1) is 13.0. The number of imidazole rings is 1. The standard InChI is InChI=1S/C16H20N8O2S/c1-4-16(5-2,13(25)24-15-18-7-6-9(21-15)26-3)27-12-10-11(20-8-19-10)22-14(17)23-12/h6-8H,4-5H2,1-3H3,(H,18,21,24,25)(H3,17,19,20,22,23). The van der Waals surface area contributed by atoms with Crippen LogP contribution in [0.25, 0.3) is 11.2 Å². The molecule has 0 aliphatic carbocycles. The van der Waals surface area contributed by atoms with Gasteiger partial charge in [0.15, 0.2) is 5.65 Å². The minimum absolute atomic E-state index is 0.106. The van der Waals surface area contributed by atoms with Crippen molar-refractivity contribution in [1.82, 2.24) is 29.9 Å². The van der Waals surface area contributed by atoms with Crippen molar-refractivity contribution in [1.29, 1.82) is 0 Å². The number of nitrogen functional groups attached to an aromatic ring is 1. The van der Waals surface area contributed by atoms with Crippen molar-refractivity contribution in [2.75, 3.05) is 18.2 Å². The van der Waals surface area contributed by atoms with Gasteiger partial charge < -0.3 is 15.5 Å². The molecule has 0 atom stereocenters. The quantitative estimate of drug-likeness (QED) is 0.409. The molecule has 11 heteroatoms. The van der Waals surface area contributed by atoms with Crippen LogP contribution in [0.4, 0.5) is 11.9 Å². The van der Waals surface area contributed by atoms with Gasteiger partial charge in [0.25, 0.3) is 0 Å². The van der Waals surface area contributed by atoms with Crippen molar-refractivity contribution < 1.29 is 9.53 Å². The maximum absolute atomic E-state index is 13.1. The molecule has 0 saturated carbocycles. The zero-order valence-electron chi connectivity index (χ0n) is 15.2. The van der Waals surface area contributed by atoms with E-state index in [-0.39, 0.29) is 17.8 Å². The van der Waals surface area contributed by atoms with Crippen molar-refractivity contribution in [2.45, 2.75) is 36.5 Å². The number of hydrogen-bond donors (Lipinski definition) is 3. The molecule has 3 heterocycles. The fourth-order valence-corrected chi connectivity index (χ4v) is 3.77. The number of nitrogens with zero attached hydrogens (tertiary/aromatic N) is 5. The lowest BCUT2D eigenvalue weighted by molar-refractivity contribution is -0.118. The Morgan fingerprint density at radius 1 is 1.30 bits per heavy atom. The second-order valence-corrected chi connectivity index (χ2v) is 7.04. The molecule has 3 aromatic heterocycles. The maximum atomic E-state index is 13.1. The van der Waals surface area contributed by atoms with Crippen LogP contribution < -0.4 is 15.8 Å². The summed E-state index contributed by atoms with van der Waals surface area (Å²) in [6, 6.07) is 1.61. The van der Waals surface area contributed by atoms with Crippen LogP contribution in [0.15, 0.2) is 23.6 Å². The zero-order chi connectivity index (χ0) is 19.4. The number of amides is 1. The molecule has 1 amide bonds. The molecule has 0 bridgehead atoms. The van der Waals surface area contributed by atoms with Gasteiger partial charge in [-0.05, 0) is 12.8 Å². The summed E-state index contributed by atoms with van der Waals surface area (Å²) < 4.78 is 4.27. The Balaban J connectivity index is 1.92. The third kappa shape index (κ3) is 3.77. The number of rotatable bonds is 7. The van der Waals surface area contributed by atoms with Crippen molar-refractivity contribution in [3.8, 4) is 5.88 Å². The first-order valence-electron chi connectivity index (χ1n) is 8.35. The lowest BCUT2D eigenvalue weighted by atomic mass is 10.0. The third-order valence-electron chi connectivity index (χ3n) is 4.18. The summed E-state index contributed by atoms with van der Waals surface area (Å²) in [5.74, 6) is 0.430. The van der Waals surface area contributed by atoms with Gasteiger partial charge in [0.1, 0.15) is 15.3 Å². The Morgan fingerprint density at radius 3 is 2.78 bits per heavy atom. The van der Waals surface area contributed by atoms with Crippen molar-refractivity contribution >= 4 is 40.7 Å². The van der Waals surface area contributed by atoms with Crippen molar-refractivity contribution in [2.24, 2.45) is 0 Å². The molecule has 3 aromatic rings. The lowest BCUT2D eigenvalue weighted by Crippen LogP contribution is -2.39. The van der Waals surface area contributed by atoms with E-state index in [1.165, 1.54) is 31.4 Å². The molecule has 27 heavy (non-hydrogen) atoms. The summed E-state index contributed by atoms with van der Waals surface area (Å²) in [5.41, 5.74) is 6.90. The number of carbonyl (C=O) groups excluding carboxylic acids is 1. The van der Waals surface area contributed by atoms with E-state index >= 15 is 0 Å². The predicted octanol–water partition coefficient (Wildman–Crippen LogP) is 2.02. The number of anilines is 2. The Hall–Kier alpha value is -2.95. The molecule has 0 unspecified atom stereocenters. The maximum Gasteiger partial charge on any atom is 0.243 e. The zero-order valence-corrected chi connectivity index (χ0v) is 16.0. The Bertz CT molecular complexity index is 956. The molecule has 0 saturated heterocycles. The van der Waals surface area contributed by atoms with E-state index in [1.54, 1.807) is 6.07 Å². The topological polar surface area (TPSA) is 145 Å². The van der Waals surface area contributed by atoms with E-state index in [4.69, 9.17) is 10.5 Å². The van der Waals surface area contributed by atoms with Crippen LogP contribution in [-0.2, 0) is 4.79 Å². The molecule has 142 valence electrons. The van der Waals surface area contributed by atoms with Gasteiger partial charge in [0.05, 0.1) is 13.4 Å². The number of nitrogens with one attached hydrogen (secondary N) is 2. The van der Waals surface area contributed by atoms with Gasteiger partial charge in [-0.3, -0.25) is 10.1 Å². The van der Waals surface area contributed by atoms with Crippen LogP contribution >= 0.6 is 11.8 Å². The smallest absolute Gasteiger partial charge is 0.243 e. The molecule has 0 aliphatic rings. The van der Waals surface area contributed by atoms with Crippen LogP contribution in [0, 0.1) is 0 Å². The number of hydrogen-bond acceptors (Lipinski definition) is 9. The number of thioether (sulfide) groups is 1. The second-order valence-electron chi connectivity index (χ2n) is 5.67. The van der Waals surface area contributed by atoms with E-state index in [2.05, 4.69) is 35.2 Å². The highest BCUT2D eigenvalue weighted by Crippen LogP contribution is 2.40. The van der Waals surface area contributed by atoms with Crippen molar-refractivity contribution in [3.63, 3.8) is 0 Å². The molecule has 0 aromatic carbocycles. The molecule has 0 aliphatic heterocycles. The minimum Gasteiger partial charge on any atom is -0.481 e. The van der Waals surface area contributed by atoms with Crippen LogP contribution in [0.2, 0.25) is 0 Å². The van der Waals surface area contributed by atoms with Gasteiger partial charge in [-0.1, -0.05) is 25.6 Å². The first kappa shape index (κ1) is 18.8. The highest BCUT2D eigenvalue weighted by atomic mass is 32.2. The van der Waals surface area contributed by atoms with Gasteiger partial charge in [-0.2, -0.15) is 9.97 Å². The van der Waals surface area contributed by atoms with Crippen LogP contribution in [-0.4, -0.2) is 47.7 Å². The fourth-order valence-electron chi connectivity index (χ4n) is 2.57. The molecule has 0 spiro atoms. The fraction of sp³-hybridized carbons (Fsp3) is 0.375. The molecule has 10 nitrogen and oxygen atoms in total. The molecular formula is C16H20N8O2S. The summed E-state index contributed by atoms with van der Waals surface area (Å²) >= 11 is 1.32. The second kappa shape index (κ2) is 7.74. The van der Waals surface area contributed by atoms with E-state index in [1.807, 2.05) is 13.8 Å². The lowest BCUT2D eigenvalue weighted by Gasteiger charge is -2.28. The van der Waals surface area contributed by atoms with E-state index < -0.39 is 4.75 Å². The molecule has 3 rings (SSSR count). The number of H-pyrrole nitrogens is 1. The highest BCUT2D eigenvalue weighted by molar-refractivity contribution is 8.01. The minimum atomic E-state index is -0.800. The predicted molar refractivity (Wildman–Crippen MR) is 102 cm³/mol. The van der Waals surface area contributed by atoms with Gasteiger partial charge in [-0.25, -0.2) is 15.0 Å². The summed E-state index contributed by atoms with van der Waals surface area (Å²) in [6.45, 7) is 3.88. The molecular weight excluding hydrogens is 368 g/mol. The normalized spacial score (nSPS) is 11.5. The van der Waals surface area contributed by atoms with E-state index in [0.717, 1.165) is 0 Å². The van der Waals surface area contributed by atoms with Gasteiger partial charge in [0, 0.05) is 12.3 Å². The van der Waals surface area contributed by atoms with E-state index in [9.17, 15) is 4.79 Å². The van der Waals surface area contributed by atoms with Gasteiger partial charge in [-0.15, -0.1) is 0 Å². The van der Waals surface area contributed by atoms with E-state index in [0.29, 0.717) is 34.9 Å². The van der Waals surface area contributed by atoms with Crippen LogP contribution in [0.3, 0.4) is 0 Å². The third-order valence-corrected chi connectivity index (χ3v) is 5.82. The molecule has 0 fully saturated rings. The number of aromatic nitrogens is 6. The summed E-state index contributed by atoms with van der Waals surface area (Å²) in [7, 11) is 1.50. The van der Waals surface area contributed by atoms with Crippen LogP contribution in [0.1, 0.15) is 26.7 Å². The van der Waals surface area contributed by atoms with Crippen molar-refractivity contribution in [3.05, 3.63) is 18.6 Å². The Morgan fingerprint density at radius 2 is 2.07 bits per heavy atom. The number of methoxy groups -OCH3 is 1. The molecule has 0 radical (unpaired) electrons. The Kier molecular flexibility index (Phi) is 5.40. The summed E-state index contributed by atoms with van der Waals surface area (Å²) in [6.07, 6.45) is 4.16. The average Bonchev–Trinajstić information content (AvgIpc) is 3.14. The molecule has 4 N–H and O–H groups in total. The van der Waals surface area contributed by atoms with Gasteiger partial charge >= 0.3 is 0 Å². The average molecular weight is 388 g/mol. The van der Waals surface area contributed by atoms with Gasteiger partial charge in [0.2, 0.25) is 23.7 Å². The highest BCUT2D eigenvalue weighted by Gasteiger charge is 2.38. The number of nitrogens with two attached hydrogens (primary N) is 1. The first-order valence-corrected chi connectivity index (χ1v) is 9.17. The monoisotopic (exact) mass is 388 g/mol. The van der Waals surface area contributed by atoms with Crippen LogP contribution in [0.5, 0.6) is 5.88 Å². The SMILES string of the molecule is CCC(CC)(Sc1nc(N)nc2nc[nH]c12)C(=O)Nc1nccc(OC)n1. The largest absolute Gasteiger partial charge is 0.481 e. The Labute approximate surface area is 159 Å². The number of fused-ring (bicyclic) bond motifs is 1. The number of ether oxygens (including phenoxy) is 1. The summed E-state index contributed by atoms with van der Waals surface area (Å²) in [4.78, 5) is 36.8. The number of carbonyl (C=O) groups is 1.